The molecule has 0 bridgehead atoms. The molecule has 0 unspecified atom stereocenters. The summed E-state index contributed by atoms with van der Waals surface area (Å²) in [6.07, 6.45) is 13.2. The maximum atomic E-state index is 5.43. The summed E-state index contributed by atoms with van der Waals surface area (Å²) in [5, 5.41) is 4.54. The van der Waals surface area contributed by atoms with Crippen molar-refractivity contribution in [2.75, 3.05) is 14.2 Å². The second-order valence-corrected chi connectivity index (χ2v) is 6.84. The summed E-state index contributed by atoms with van der Waals surface area (Å²) in [6, 6.07) is 10.2. The highest BCUT2D eigenvalue weighted by molar-refractivity contribution is 5.93. The van der Waals surface area contributed by atoms with Gasteiger partial charge in [0.1, 0.15) is 5.75 Å². The van der Waals surface area contributed by atoms with Crippen LogP contribution in [-0.2, 0) is 11.2 Å². The topological polar surface area (TPSA) is 55.0 Å². The SMILES string of the molecule is COC1=CC=c2c(c[nH]c2=C(c2[nH]cc3cc(OC)ccc23)n2cccc2)C1. The third-order valence-corrected chi connectivity index (χ3v) is 5.31. The average Bonchev–Trinajstić information content (AvgIpc) is 3.48. The van der Waals surface area contributed by atoms with Gasteiger partial charge in [-0.3, -0.25) is 0 Å². The maximum absolute atomic E-state index is 5.43. The molecule has 1 aliphatic carbocycles. The summed E-state index contributed by atoms with van der Waals surface area (Å²) < 4.78 is 12.9. The molecule has 0 saturated heterocycles. The zero-order valence-corrected chi connectivity index (χ0v) is 15.8. The smallest absolute Gasteiger partial charge is 0.119 e. The quantitative estimate of drug-likeness (QED) is 0.580. The molecule has 0 fully saturated rings. The average molecular weight is 371 g/mol. The number of rotatable bonds is 4. The van der Waals surface area contributed by atoms with Crippen molar-refractivity contribution in [3.05, 3.63) is 88.8 Å². The van der Waals surface area contributed by atoms with Crippen LogP contribution in [0.1, 0.15) is 11.3 Å². The van der Waals surface area contributed by atoms with Crippen molar-refractivity contribution in [3.63, 3.8) is 0 Å². The van der Waals surface area contributed by atoms with Crippen molar-refractivity contribution in [2.45, 2.75) is 6.42 Å². The number of hydrogen-bond donors (Lipinski definition) is 2. The molecule has 0 aliphatic heterocycles. The first-order valence-electron chi connectivity index (χ1n) is 9.23. The normalized spacial score (nSPS) is 14.3. The highest BCUT2D eigenvalue weighted by Crippen LogP contribution is 2.27. The van der Waals surface area contributed by atoms with E-state index in [1.54, 1.807) is 14.2 Å². The van der Waals surface area contributed by atoms with Crippen molar-refractivity contribution >= 4 is 22.5 Å². The lowest BCUT2D eigenvalue weighted by Crippen LogP contribution is -2.31. The molecule has 0 atom stereocenters. The number of nitrogens with zero attached hydrogens (tertiary/aromatic N) is 1. The molecule has 1 aliphatic rings. The van der Waals surface area contributed by atoms with Gasteiger partial charge in [-0.1, -0.05) is 0 Å². The predicted octanol–water partition coefficient (Wildman–Crippen LogP) is 2.88. The molecule has 140 valence electrons. The molecule has 3 heterocycles. The van der Waals surface area contributed by atoms with Crippen molar-refractivity contribution in [3.8, 4) is 5.75 Å². The Kier molecular flexibility index (Phi) is 3.86. The molecule has 5 rings (SSSR count). The Morgan fingerprint density at radius 2 is 1.86 bits per heavy atom. The summed E-state index contributed by atoms with van der Waals surface area (Å²) in [5.41, 5.74) is 3.38. The van der Waals surface area contributed by atoms with E-state index in [9.17, 15) is 0 Å². The third kappa shape index (κ3) is 2.55. The Hall–Kier alpha value is -3.60. The molecule has 0 amide bonds. The molecular formula is C23H21N3O2. The fourth-order valence-corrected chi connectivity index (χ4v) is 3.88. The van der Waals surface area contributed by atoms with Crippen molar-refractivity contribution < 1.29 is 9.47 Å². The fourth-order valence-electron chi connectivity index (χ4n) is 3.88. The molecule has 4 aromatic rings. The van der Waals surface area contributed by atoms with E-state index in [2.05, 4.69) is 45.3 Å². The number of fused-ring (bicyclic) bond motifs is 2. The summed E-state index contributed by atoms with van der Waals surface area (Å²) >= 11 is 0. The lowest BCUT2D eigenvalue weighted by molar-refractivity contribution is 0.283. The van der Waals surface area contributed by atoms with Crippen LogP contribution in [0.4, 0.5) is 0 Å². The van der Waals surface area contributed by atoms with Crippen LogP contribution in [0.5, 0.6) is 5.75 Å². The summed E-state index contributed by atoms with van der Waals surface area (Å²) in [7, 11) is 3.41. The highest BCUT2D eigenvalue weighted by atomic mass is 16.5. The maximum Gasteiger partial charge on any atom is 0.119 e. The second-order valence-electron chi connectivity index (χ2n) is 6.84. The first kappa shape index (κ1) is 16.6. The van der Waals surface area contributed by atoms with Gasteiger partial charge in [-0.05, 0) is 48.0 Å². The van der Waals surface area contributed by atoms with E-state index in [1.807, 2.05) is 36.5 Å². The summed E-state index contributed by atoms with van der Waals surface area (Å²) in [6.45, 7) is 0. The van der Waals surface area contributed by atoms with E-state index in [0.717, 1.165) is 45.4 Å². The minimum Gasteiger partial charge on any atom is -0.501 e. The summed E-state index contributed by atoms with van der Waals surface area (Å²) in [4.78, 5) is 6.98. The Bertz CT molecular complexity index is 1300. The minimum atomic E-state index is 0.792. The molecule has 1 aromatic carbocycles. The third-order valence-electron chi connectivity index (χ3n) is 5.31. The summed E-state index contributed by atoms with van der Waals surface area (Å²) in [5.74, 6) is 1.82. The number of aromatic nitrogens is 3. The largest absolute Gasteiger partial charge is 0.501 e. The van der Waals surface area contributed by atoms with Crippen LogP contribution in [-0.4, -0.2) is 28.8 Å². The van der Waals surface area contributed by atoms with E-state index in [1.165, 1.54) is 10.8 Å². The zero-order valence-electron chi connectivity index (χ0n) is 15.8. The van der Waals surface area contributed by atoms with Crippen LogP contribution in [0.3, 0.4) is 0 Å². The van der Waals surface area contributed by atoms with E-state index in [-0.39, 0.29) is 0 Å². The van der Waals surface area contributed by atoms with Gasteiger partial charge in [0.25, 0.3) is 0 Å². The number of benzene rings is 1. The number of allylic oxidation sites excluding steroid dienone is 2. The van der Waals surface area contributed by atoms with Gasteiger partial charge < -0.3 is 24.0 Å². The first-order valence-corrected chi connectivity index (χ1v) is 9.23. The number of methoxy groups -OCH3 is 2. The Balaban J connectivity index is 1.84. The van der Waals surface area contributed by atoms with Crippen LogP contribution >= 0.6 is 0 Å². The molecule has 28 heavy (non-hydrogen) atoms. The van der Waals surface area contributed by atoms with Gasteiger partial charge in [-0.25, -0.2) is 0 Å². The lowest BCUT2D eigenvalue weighted by Gasteiger charge is -2.10. The first-order chi connectivity index (χ1) is 13.8. The van der Waals surface area contributed by atoms with Crippen molar-refractivity contribution in [1.82, 2.24) is 14.5 Å². The standard InChI is InChI=1S/C23H21N3O2/c1-27-17-5-7-19-15(11-17)13-24-21(19)23(26-9-3-4-10-26)22-20-8-6-18(28-2)12-16(20)14-25-22/h3-11,13-14,24-25H,12H2,1-2H3. The molecule has 0 saturated carbocycles. The molecular weight excluding hydrogens is 350 g/mol. The van der Waals surface area contributed by atoms with Crippen molar-refractivity contribution in [2.24, 2.45) is 0 Å². The fraction of sp³-hybridized carbons (Fsp3) is 0.130. The van der Waals surface area contributed by atoms with E-state index in [4.69, 9.17) is 9.47 Å². The zero-order chi connectivity index (χ0) is 19.1. The molecule has 3 aromatic heterocycles. The Labute approximate surface area is 162 Å². The van der Waals surface area contributed by atoms with E-state index < -0.39 is 0 Å². The number of hydrogen-bond acceptors (Lipinski definition) is 2. The number of H-pyrrole nitrogens is 2. The van der Waals surface area contributed by atoms with Gasteiger partial charge in [0.05, 0.1) is 36.7 Å². The van der Waals surface area contributed by atoms with Gasteiger partial charge in [0.15, 0.2) is 0 Å². The number of nitrogens with one attached hydrogen (secondary N) is 2. The van der Waals surface area contributed by atoms with Gasteiger partial charge in [-0.2, -0.15) is 0 Å². The molecule has 0 radical (unpaired) electrons. The van der Waals surface area contributed by atoms with Crippen LogP contribution in [0, 0.1) is 0 Å². The van der Waals surface area contributed by atoms with Crippen LogP contribution in [0.15, 0.2) is 67.0 Å². The van der Waals surface area contributed by atoms with Crippen molar-refractivity contribution in [1.29, 1.82) is 0 Å². The van der Waals surface area contributed by atoms with Crippen LogP contribution in [0.2, 0.25) is 0 Å². The number of ether oxygens (including phenoxy) is 2. The Morgan fingerprint density at radius 1 is 1.00 bits per heavy atom. The number of aromatic amines is 2. The molecule has 2 N–H and O–H groups in total. The van der Waals surface area contributed by atoms with Gasteiger partial charge in [0.2, 0.25) is 0 Å². The van der Waals surface area contributed by atoms with Gasteiger partial charge in [0, 0.05) is 47.2 Å². The lowest BCUT2D eigenvalue weighted by atomic mass is 10.1. The Morgan fingerprint density at radius 3 is 2.64 bits per heavy atom. The molecule has 0 spiro atoms. The van der Waals surface area contributed by atoms with E-state index >= 15 is 0 Å². The molecule has 5 heteroatoms. The highest BCUT2D eigenvalue weighted by Gasteiger charge is 2.16. The minimum absolute atomic E-state index is 0.792. The predicted molar refractivity (Wildman–Crippen MR) is 110 cm³/mol. The van der Waals surface area contributed by atoms with E-state index in [0.29, 0.717) is 0 Å². The van der Waals surface area contributed by atoms with Crippen LogP contribution in [0.25, 0.3) is 22.5 Å². The van der Waals surface area contributed by atoms with Crippen LogP contribution < -0.4 is 15.3 Å². The van der Waals surface area contributed by atoms with Gasteiger partial charge >= 0.3 is 0 Å². The van der Waals surface area contributed by atoms with Gasteiger partial charge in [-0.15, -0.1) is 0 Å². The molecule has 5 nitrogen and oxygen atoms in total. The monoisotopic (exact) mass is 371 g/mol. The second kappa shape index (κ2) is 6.53.